The molecule has 88 valence electrons. The lowest BCUT2D eigenvalue weighted by Crippen LogP contribution is -2.40. The fraction of sp³-hybridized carbons (Fsp3) is 1.00. The molecule has 0 spiro atoms. The van der Waals surface area contributed by atoms with Crippen LogP contribution in [0.3, 0.4) is 0 Å². The van der Waals surface area contributed by atoms with Crippen LogP contribution in [0.2, 0.25) is 0 Å². The zero-order valence-corrected chi connectivity index (χ0v) is 10.3. The van der Waals surface area contributed by atoms with Crippen molar-refractivity contribution in [2.24, 2.45) is 11.8 Å². The molecule has 2 bridgehead atoms. The number of hydrogen-bond acceptors (Lipinski definition) is 2. The molecule has 2 heteroatoms. The van der Waals surface area contributed by atoms with Gasteiger partial charge in [-0.25, -0.2) is 0 Å². The van der Waals surface area contributed by atoms with Crippen molar-refractivity contribution in [3.63, 3.8) is 0 Å². The normalized spacial score (nSPS) is 43.2. The quantitative estimate of drug-likeness (QED) is 0.779. The van der Waals surface area contributed by atoms with Gasteiger partial charge in [-0.15, -0.1) is 0 Å². The average molecular weight is 212 g/mol. The van der Waals surface area contributed by atoms with Crippen molar-refractivity contribution >= 4 is 0 Å². The minimum Gasteiger partial charge on any atom is -0.365 e. The molecular weight excluding hydrogens is 188 g/mol. The Labute approximate surface area is 93.0 Å². The Morgan fingerprint density at radius 3 is 2.73 bits per heavy atom. The Morgan fingerprint density at radius 1 is 1.33 bits per heavy atom. The third kappa shape index (κ3) is 1.94. The summed E-state index contributed by atoms with van der Waals surface area (Å²) in [5.41, 5.74) is -0.115. The van der Waals surface area contributed by atoms with Crippen LogP contribution < -0.4 is 0 Å². The standard InChI is InChI=1S/C13H24O2/c1-4-5-6-10-7-8-11-9-13(10,14)15-12(11,2)3/h10-11,14H,4-9H2,1-3H3. The van der Waals surface area contributed by atoms with Crippen LogP contribution in [0.5, 0.6) is 0 Å². The maximum absolute atomic E-state index is 10.5. The second-order valence-corrected chi connectivity index (χ2v) is 5.87. The number of unbranched alkanes of at least 4 members (excludes halogenated alkanes) is 1. The highest BCUT2D eigenvalue weighted by Gasteiger charge is 2.56. The minimum absolute atomic E-state index is 0.115. The van der Waals surface area contributed by atoms with Crippen molar-refractivity contribution < 1.29 is 9.84 Å². The van der Waals surface area contributed by atoms with Crippen LogP contribution in [0.1, 0.15) is 59.3 Å². The van der Waals surface area contributed by atoms with Crippen LogP contribution in [0.4, 0.5) is 0 Å². The van der Waals surface area contributed by atoms with E-state index in [0.717, 1.165) is 19.3 Å². The Bertz CT molecular complexity index is 237. The van der Waals surface area contributed by atoms with E-state index in [2.05, 4.69) is 20.8 Å². The molecule has 0 aromatic heterocycles. The Hall–Kier alpha value is -0.0800. The van der Waals surface area contributed by atoms with Crippen molar-refractivity contribution in [1.29, 1.82) is 0 Å². The molecule has 1 saturated heterocycles. The van der Waals surface area contributed by atoms with Gasteiger partial charge in [0.2, 0.25) is 0 Å². The van der Waals surface area contributed by atoms with E-state index in [1.54, 1.807) is 0 Å². The summed E-state index contributed by atoms with van der Waals surface area (Å²) in [6.45, 7) is 6.45. The molecule has 1 saturated carbocycles. The Kier molecular flexibility index (Phi) is 2.85. The third-order valence-corrected chi connectivity index (χ3v) is 4.37. The molecule has 0 aromatic carbocycles. The average Bonchev–Trinajstić information content (AvgIpc) is 2.32. The van der Waals surface area contributed by atoms with Gasteiger partial charge in [0.05, 0.1) is 5.60 Å². The number of rotatable bonds is 3. The highest BCUT2D eigenvalue weighted by molar-refractivity contribution is 5.00. The molecule has 0 amide bonds. The fourth-order valence-electron chi connectivity index (χ4n) is 3.33. The monoisotopic (exact) mass is 212 g/mol. The van der Waals surface area contributed by atoms with E-state index in [1.165, 1.54) is 19.3 Å². The largest absolute Gasteiger partial charge is 0.365 e. The van der Waals surface area contributed by atoms with Crippen LogP contribution in [0.25, 0.3) is 0 Å². The Morgan fingerprint density at radius 2 is 2.07 bits per heavy atom. The molecule has 3 unspecified atom stereocenters. The molecule has 3 atom stereocenters. The van der Waals surface area contributed by atoms with Crippen LogP contribution >= 0.6 is 0 Å². The van der Waals surface area contributed by atoms with Gasteiger partial charge in [0.1, 0.15) is 0 Å². The van der Waals surface area contributed by atoms with E-state index in [9.17, 15) is 5.11 Å². The van der Waals surface area contributed by atoms with E-state index in [4.69, 9.17) is 4.74 Å². The molecule has 15 heavy (non-hydrogen) atoms. The fourth-order valence-corrected chi connectivity index (χ4v) is 3.33. The van der Waals surface area contributed by atoms with E-state index >= 15 is 0 Å². The molecule has 2 rings (SSSR count). The molecule has 0 aromatic rings. The lowest BCUT2D eigenvalue weighted by Gasteiger charge is -2.35. The highest BCUT2D eigenvalue weighted by atomic mass is 16.6. The number of ether oxygens (including phenoxy) is 1. The predicted molar refractivity (Wildman–Crippen MR) is 60.5 cm³/mol. The summed E-state index contributed by atoms with van der Waals surface area (Å²) in [6, 6.07) is 0. The molecular formula is C13H24O2. The summed E-state index contributed by atoms with van der Waals surface area (Å²) in [6.07, 6.45) is 6.76. The number of fused-ring (bicyclic) bond motifs is 2. The van der Waals surface area contributed by atoms with Crippen LogP contribution in [0.15, 0.2) is 0 Å². The van der Waals surface area contributed by atoms with Gasteiger partial charge in [0.25, 0.3) is 0 Å². The van der Waals surface area contributed by atoms with Crippen molar-refractivity contribution in [1.82, 2.24) is 0 Å². The van der Waals surface area contributed by atoms with Gasteiger partial charge in [-0.2, -0.15) is 0 Å². The first-order valence-electron chi connectivity index (χ1n) is 6.40. The molecule has 1 N–H and O–H groups in total. The second-order valence-electron chi connectivity index (χ2n) is 5.87. The van der Waals surface area contributed by atoms with Gasteiger partial charge in [0, 0.05) is 12.3 Å². The summed E-state index contributed by atoms with van der Waals surface area (Å²) in [5, 5.41) is 10.5. The van der Waals surface area contributed by atoms with Gasteiger partial charge in [-0.3, -0.25) is 0 Å². The minimum atomic E-state index is -0.804. The first-order valence-corrected chi connectivity index (χ1v) is 6.40. The van der Waals surface area contributed by atoms with Crippen molar-refractivity contribution in [2.45, 2.75) is 70.7 Å². The smallest absolute Gasteiger partial charge is 0.169 e. The van der Waals surface area contributed by atoms with Crippen molar-refractivity contribution in [3.8, 4) is 0 Å². The first-order chi connectivity index (χ1) is 6.98. The molecule has 2 fully saturated rings. The topological polar surface area (TPSA) is 29.5 Å². The van der Waals surface area contributed by atoms with Gasteiger partial charge in [0.15, 0.2) is 5.79 Å². The Balaban J connectivity index is 2.06. The van der Waals surface area contributed by atoms with Gasteiger partial charge < -0.3 is 9.84 Å². The summed E-state index contributed by atoms with van der Waals surface area (Å²) in [7, 11) is 0. The maximum Gasteiger partial charge on any atom is 0.169 e. The second kappa shape index (κ2) is 3.74. The zero-order chi connectivity index (χ0) is 11.1. The van der Waals surface area contributed by atoms with Crippen LogP contribution in [0, 0.1) is 11.8 Å². The van der Waals surface area contributed by atoms with E-state index in [0.29, 0.717) is 11.8 Å². The van der Waals surface area contributed by atoms with Crippen LogP contribution in [-0.4, -0.2) is 16.5 Å². The van der Waals surface area contributed by atoms with Gasteiger partial charge in [-0.05, 0) is 39.0 Å². The third-order valence-electron chi connectivity index (χ3n) is 4.37. The lowest BCUT2D eigenvalue weighted by molar-refractivity contribution is -0.244. The molecule has 1 aliphatic carbocycles. The molecule has 2 nitrogen and oxygen atoms in total. The number of hydrogen-bond donors (Lipinski definition) is 1. The van der Waals surface area contributed by atoms with Gasteiger partial charge in [-0.1, -0.05) is 19.8 Å². The first kappa shape index (κ1) is 11.4. The van der Waals surface area contributed by atoms with Crippen molar-refractivity contribution in [2.75, 3.05) is 0 Å². The van der Waals surface area contributed by atoms with Crippen LogP contribution in [-0.2, 0) is 4.74 Å². The zero-order valence-electron chi connectivity index (χ0n) is 10.3. The molecule has 0 radical (unpaired) electrons. The van der Waals surface area contributed by atoms with Crippen molar-refractivity contribution in [3.05, 3.63) is 0 Å². The van der Waals surface area contributed by atoms with E-state index < -0.39 is 5.79 Å². The molecule has 1 aliphatic heterocycles. The highest BCUT2D eigenvalue weighted by Crippen LogP contribution is 2.53. The predicted octanol–water partition coefficient (Wildman–Crippen LogP) is 3.09. The number of aliphatic hydroxyl groups is 1. The lowest BCUT2D eigenvalue weighted by atomic mass is 9.74. The SMILES string of the molecule is CCCCC1CCC2CC1(O)OC2(C)C. The van der Waals surface area contributed by atoms with E-state index in [-0.39, 0.29) is 5.60 Å². The van der Waals surface area contributed by atoms with E-state index in [1.807, 2.05) is 0 Å². The summed E-state index contributed by atoms with van der Waals surface area (Å²) < 4.78 is 5.93. The molecule has 2 aliphatic rings. The maximum atomic E-state index is 10.5. The summed E-state index contributed by atoms with van der Waals surface area (Å²) in [4.78, 5) is 0. The molecule has 1 heterocycles. The van der Waals surface area contributed by atoms with Gasteiger partial charge >= 0.3 is 0 Å². The summed E-state index contributed by atoms with van der Waals surface area (Å²) in [5.74, 6) is 0.123. The summed E-state index contributed by atoms with van der Waals surface area (Å²) >= 11 is 0.